The second kappa shape index (κ2) is 10.3. The summed E-state index contributed by atoms with van der Waals surface area (Å²) in [6.45, 7) is 2.70. The van der Waals surface area contributed by atoms with Gasteiger partial charge < -0.3 is 19.3 Å². The molecule has 0 atom stereocenters. The van der Waals surface area contributed by atoms with Crippen LogP contribution < -0.4 is 19.8 Å². The number of hydrogen-bond acceptors (Lipinski definition) is 9. The third-order valence-corrected chi connectivity index (χ3v) is 5.83. The second-order valence-electron chi connectivity index (χ2n) is 7.39. The molecule has 0 aliphatic carbocycles. The van der Waals surface area contributed by atoms with Crippen LogP contribution in [0.5, 0.6) is 11.5 Å². The van der Waals surface area contributed by atoms with Crippen molar-refractivity contribution in [2.24, 2.45) is 5.10 Å². The molecular weight excluding hydrogens is 458 g/mol. The predicted molar refractivity (Wildman–Crippen MR) is 133 cm³/mol. The van der Waals surface area contributed by atoms with Gasteiger partial charge in [-0.1, -0.05) is 12.1 Å². The number of nitrogens with zero attached hydrogens (tertiary/aromatic N) is 6. The van der Waals surface area contributed by atoms with Crippen molar-refractivity contribution in [3.63, 3.8) is 0 Å². The number of anilines is 1. The van der Waals surface area contributed by atoms with Gasteiger partial charge in [-0.05, 0) is 24.4 Å². The van der Waals surface area contributed by atoms with Crippen molar-refractivity contribution in [1.82, 2.24) is 20.3 Å². The molecule has 0 spiro atoms. The molecule has 0 bridgehead atoms. The Morgan fingerprint density at radius 3 is 2.56 bits per heavy atom. The summed E-state index contributed by atoms with van der Waals surface area (Å²) in [6, 6.07) is 10.1. The van der Waals surface area contributed by atoms with Crippen LogP contribution in [0.15, 0.2) is 47.8 Å². The number of aromatic nitrogens is 2. The molecule has 0 amide bonds. The van der Waals surface area contributed by atoms with E-state index in [2.05, 4.69) is 25.4 Å². The Morgan fingerprint density at radius 1 is 1.15 bits per heavy atom. The minimum atomic E-state index is -0.443. The van der Waals surface area contributed by atoms with Crippen LogP contribution in [0.2, 0.25) is 0 Å². The van der Waals surface area contributed by atoms with Crippen LogP contribution in [-0.4, -0.2) is 71.5 Å². The SMILES string of the molecule is COc1cc2ncnc(N3CCN(C(=S)NN=Cc4ccccc4[N+](=O)[O-])CC3)c2cc1OC. The van der Waals surface area contributed by atoms with E-state index in [-0.39, 0.29) is 5.69 Å². The Morgan fingerprint density at radius 2 is 1.85 bits per heavy atom. The second-order valence-corrected chi connectivity index (χ2v) is 7.77. The number of hydrazone groups is 1. The number of para-hydroxylation sites is 1. The van der Waals surface area contributed by atoms with Gasteiger partial charge >= 0.3 is 0 Å². The van der Waals surface area contributed by atoms with Gasteiger partial charge in [0, 0.05) is 43.7 Å². The normalized spacial score (nSPS) is 13.8. The Bertz CT molecular complexity index is 1250. The average Bonchev–Trinajstić information content (AvgIpc) is 2.87. The van der Waals surface area contributed by atoms with Gasteiger partial charge in [-0.15, -0.1) is 0 Å². The Balaban J connectivity index is 1.41. The van der Waals surface area contributed by atoms with Gasteiger partial charge in [0.2, 0.25) is 0 Å². The van der Waals surface area contributed by atoms with Crippen LogP contribution in [0.25, 0.3) is 10.9 Å². The van der Waals surface area contributed by atoms with Crippen molar-refractivity contribution in [2.45, 2.75) is 0 Å². The fourth-order valence-electron chi connectivity index (χ4n) is 3.73. The summed E-state index contributed by atoms with van der Waals surface area (Å²) in [5, 5.41) is 16.5. The standard InChI is InChI=1S/C22H23N7O4S/c1-32-19-11-16-17(12-20(19)33-2)23-14-24-21(16)27-7-9-28(10-8-27)22(34)26-25-13-15-5-3-4-6-18(15)29(30)31/h3-6,11-14H,7-10H2,1-2H3,(H,26,34). The zero-order valence-electron chi connectivity index (χ0n) is 18.7. The number of fused-ring (bicyclic) bond motifs is 1. The number of methoxy groups -OCH3 is 2. The Labute approximate surface area is 201 Å². The average molecular weight is 482 g/mol. The highest BCUT2D eigenvalue weighted by Crippen LogP contribution is 2.34. The first kappa shape index (κ1) is 23.1. The summed E-state index contributed by atoms with van der Waals surface area (Å²) in [7, 11) is 3.19. The Hall–Kier alpha value is -4.06. The first-order chi connectivity index (χ1) is 16.5. The van der Waals surface area contributed by atoms with Gasteiger partial charge in [-0.3, -0.25) is 15.5 Å². The monoisotopic (exact) mass is 481 g/mol. The summed E-state index contributed by atoms with van der Waals surface area (Å²) in [6.07, 6.45) is 2.94. The maximum Gasteiger partial charge on any atom is 0.278 e. The molecule has 3 aromatic rings. The van der Waals surface area contributed by atoms with E-state index in [1.807, 2.05) is 17.0 Å². The molecule has 0 saturated carbocycles. The number of thiocarbonyl (C=S) groups is 1. The van der Waals surface area contributed by atoms with Crippen LogP contribution in [0, 0.1) is 10.1 Å². The number of piperazine rings is 1. The van der Waals surface area contributed by atoms with Crippen LogP contribution in [-0.2, 0) is 0 Å². The number of nitro groups is 1. The van der Waals surface area contributed by atoms with E-state index < -0.39 is 4.92 Å². The van der Waals surface area contributed by atoms with Crippen molar-refractivity contribution >= 4 is 46.0 Å². The van der Waals surface area contributed by atoms with Crippen LogP contribution in [0.3, 0.4) is 0 Å². The lowest BCUT2D eigenvalue weighted by molar-refractivity contribution is -0.385. The number of benzene rings is 2. The first-order valence-electron chi connectivity index (χ1n) is 10.4. The third kappa shape index (κ3) is 4.81. The zero-order chi connectivity index (χ0) is 24.1. The molecule has 12 heteroatoms. The van der Waals surface area contributed by atoms with E-state index in [1.165, 1.54) is 12.3 Å². The van der Waals surface area contributed by atoms with E-state index in [4.69, 9.17) is 21.7 Å². The maximum absolute atomic E-state index is 11.1. The van der Waals surface area contributed by atoms with Crippen molar-refractivity contribution in [2.75, 3.05) is 45.3 Å². The molecule has 0 unspecified atom stereocenters. The topological polar surface area (TPSA) is 118 Å². The van der Waals surface area contributed by atoms with E-state index in [9.17, 15) is 10.1 Å². The molecule has 1 aliphatic rings. The molecule has 1 fully saturated rings. The van der Waals surface area contributed by atoms with Crippen LogP contribution in [0.4, 0.5) is 11.5 Å². The smallest absolute Gasteiger partial charge is 0.278 e. The van der Waals surface area contributed by atoms with E-state index in [1.54, 1.807) is 38.7 Å². The van der Waals surface area contributed by atoms with Crippen molar-refractivity contribution in [3.05, 3.63) is 58.4 Å². The molecule has 4 rings (SSSR count). The fourth-order valence-corrected chi connectivity index (χ4v) is 3.97. The van der Waals surface area contributed by atoms with Gasteiger partial charge in [0.1, 0.15) is 12.1 Å². The van der Waals surface area contributed by atoms with E-state index in [0.717, 1.165) is 16.7 Å². The summed E-state index contributed by atoms with van der Waals surface area (Å²) in [5.74, 6) is 2.05. The molecule has 11 nitrogen and oxygen atoms in total. The van der Waals surface area contributed by atoms with Gasteiger partial charge in [0.15, 0.2) is 16.6 Å². The largest absolute Gasteiger partial charge is 0.493 e. The molecule has 1 aromatic heterocycles. The summed E-state index contributed by atoms with van der Waals surface area (Å²) >= 11 is 5.46. The molecule has 34 heavy (non-hydrogen) atoms. The van der Waals surface area contributed by atoms with Crippen molar-refractivity contribution in [1.29, 1.82) is 0 Å². The third-order valence-electron chi connectivity index (χ3n) is 5.48. The number of rotatable bonds is 6. The number of hydrogen-bond donors (Lipinski definition) is 1. The number of ether oxygens (including phenoxy) is 2. The van der Waals surface area contributed by atoms with Gasteiger partial charge in [-0.25, -0.2) is 9.97 Å². The van der Waals surface area contributed by atoms with Crippen LogP contribution >= 0.6 is 12.2 Å². The lowest BCUT2D eigenvalue weighted by Crippen LogP contribution is -2.51. The van der Waals surface area contributed by atoms with Gasteiger partial charge in [0.05, 0.1) is 36.4 Å². The lowest BCUT2D eigenvalue weighted by Gasteiger charge is -2.36. The summed E-state index contributed by atoms with van der Waals surface area (Å²) in [4.78, 5) is 23.7. The molecule has 1 N–H and O–H groups in total. The quantitative estimate of drug-likeness (QED) is 0.244. The Kier molecular flexibility index (Phi) is 6.97. The molecule has 2 heterocycles. The van der Waals surface area contributed by atoms with E-state index >= 15 is 0 Å². The van der Waals surface area contributed by atoms with Crippen molar-refractivity contribution in [3.8, 4) is 11.5 Å². The summed E-state index contributed by atoms with van der Waals surface area (Å²) < 4.78 is 10.8. The molecule has 176 valence electrons. The minimum Gasteiger partial charge on any atom is -0.493 e. The first-order valence-corrected chi connectivity index (χ1v) is 10.9. The fraction of sp³-hybridized carbons (Fsp3) is 0.273. The molecule has 1 aliphatic heterocycles. The lowest BCUT2D eigenvalue weighted by atomic mass is 10.2. The summed E-state index contributed by atoms with van der Waals surface area (Å²) in [5.41, 5.74) is 3.96. The predicted octanol–water partition coefficient (Wildman–Crippen LogP) is 2.59. The van der Waals surface area contributed by atoms with Gasteiger partial charge in [0.25, 0.3) is 5.69 Å². The molecule has 0 radical (unpaired) electrons. The number of nitrogens with one attached hydrogen (secondary N) is 1. The maximum atomic E-state index is 11.1. The van der Waals surface area contributed by atoms with E-state index in [0.29, 0.717) is 48.4 Å². The molecule has 1 saturated heterocycles. The van der Waals surface area contributed by atoms with Crippen molar-refractivity contribution < 1.29 is 14.4 Å². The number of nitro benzene ring substituents is 1. The molecular formula is C22H23N7O4S. The zero-order valence-corrected chi connectivity index (χ0v) is 19.5. The van der Waals surface area contributed by atoms with Crippen LogP contribution in [0.1, 0.15) is 5.56 Å². The van der Waals surface area contributed by atoms with Gasteiger partial charge in [-0.2, -0.15) is 5.10 Å². The minimum absolute atomic E-state index is 0.0149. The highest BCUT2D eigenvalue weighted by Gasteiger charge is 2.22. The molecule has 2 aromatic carbocycles. The highest BCUT2D eigenvalue weighted by atomic mass is 32.1. The highest BCUT2D eigenvalue weighted by molar-refractivity contribution is 7.80.